The fraction of sp³-hybridized carbons (Fsp3) is 0.120. The largest absolute Gasteiger partial charge is 0.340 e. The highest BCUT2D eigenvalue weighted by molar-refractivity contribution is 9.10. The van der Waals surface area contributed by atoms with Crippen LogP contribution in [0.5, 0.6) is 0 Å². The van der Waals surface area contributed by atoms with E-state index in [9.17, 15) is 9.59 Å². The lowest BCUT2D eigenvalue weighted by Crippen LogP contribution is -2.45. The van der Waals surface area contributed by atoms with Gasteiger partial charge < -0.3 is 5.32 Å². The molecule has 0 aliphatic rings. The molecule has 0 spiro atoms. The van der Waals surface area contributed by atoms with Crippen LogP contribution in [0.1, 0.15) is 21.5 Å². The Morgan fingerprint density at radius 3 is 2.33 bits per heavy atom. The minimum absolute atomic E-state index is 0.307. The van der Waals surface area contributed by atoms with Gasteiger partial charge in [-0.2, -0.15) is 0 Å². The zero-order chi connectivity index (χ0) is 23.2. The van der Waals surface area contributed by atoms with Gasteiger partial charge in [-0.05, 0) is 36.8 Å². The summed E-state index contributed by atoms with van der Waals surface area (Å²) < 4.78 is 0.970. The maximum Gasteiger partial charge on any atom is 0.251 e. The number of rotatable bonds is 7. The van der Waals surface area contributed by atoms with Gasteiger partial charge in [0.05, 0.1) is 0 Å². The molecule has 2 N–H and O–H groups in total. The van der Waals surface area contributed by atoms with Crippen LogP contribution in [0.2, 0.25) is 0 Å². The zero-order valence-corrected chi connectivity index (χ0v) is 20.2. The van der Waals surface area contributed by atoms with Crippen molar-refractivity contribution in [3.63, 3.8) is 0 Å². The second-order valence-electron chi connectivity index (χ2n) is 7.49. The van der Waals surface area contributed by atoms with E-state index in [0.717, 1.165) is 21.2 Å². The van der Waals surface area contributed by atoms with Crippen LogP contribution in [0.3, 0.4) is 0 Å². The summed E-state index contributed by atoms with van der Waals surface area (Å²) in [7, 11) is 0. The molecule has 0 aliphatic carbocycles. The van der Waals surface area contributed by atoms with Gasteiger partial charge in [0, 0.05) is 22.0 Å². The lowest BCUT2D eigenvalue weighted by Gasteiger charge is -2.18. The number of nitrogens with zero attached hydrogens (tertiary/aromatic N) is 2. The summed E-state index contributed by atoms with van der Waals surface area (Å²) in [6.45, 7) is 1.96. The lowest BCUT2D eigenvalue weighted by atomic mass is 10.0. The van der Waals surface area contributed by atoms with Crippen molar-refractivity contribution in [1.29, 1.82) is 0 Å². The molecule has 166 valence electrons. The Balaban J connectivity index is 1.50. The highest BCUT2D eigenvalue weighted by Crippen LogP contribution is 2.27. The van der Waals surface area contributed by atoms with E-state index in [2.05, 4.69) is 36.8 Å². The number of halogens is 1. The highest BCUT2D eigenvalue weighted by atomic mass is 79.9. The number of benzene rings is 3. The highest BCUT2D eigenvalue weighted by Gasteiger charge is 2.23. The molecule has 8 heteroatoms. The van der Waals surface area contributed by atoms with E-state index >= 15 is 0 Å². The van der Waals surface area contributed by atoms with Crippen molar-refractivity contribution in [2.24, 2.45) is 0 Å². The van der Waals surface area contributed by atoms with E-state index in [0.29, 0.717) is 22.1 Å². The summed E-state index contributed by atoms with van der Waals surface area (Å²) in [6.07, 6.45) is 0.350. The zero-order valence-electron chi connectivity index (χ0n) is 17.8. The standard InChI is InChI=1S/C25H21BrN4O2S/c1-16-7-9-18(10-8-16)22(31)27-21(15-17-5-3-2-4-6-17)23(32)28-25-30-29-24(33-25)19-11-13-20(26)14-12-19/h2-14,21H,15H2,1H3,(H,27,31)(H,28,30,32)/t21-/m0/s1. The molecular formula is C25H21BrN4O2S. The van der Waals surface area contributed by atoms with E-state index in [-0.39, 0.29) is 11.8 Å². The number of aryl methyl sites for hydroxylation is 1. The molecule has 0 radical (unpaired) electrons. The van der Waals surface area contributed by atoms with Crippen LogP contribution in [-0.2, 0) is 11.2 Å². The molecule has 0 saturated heterocycles. The van der Waals surface area contributed by atoms with Gasteiger partial charge in [-0.3, -0.25) is 14.9 Å². The molecule has 33 heavy (non-hydrogen) atoms. The van der Waals surface area contributed by atoms with Crippen LogP contribution in [-0.4, -0.2) is 28.1 Å². The third kappa shape index (κ3) is 6.12. The van der Waals surface area contributed by atoms with Gasteiger partial charge in [0.25, 0.3) is 5.91 Å². The summed E-state index contributed by atoms with van der Waals surface area (Å²) >= 11 is 4.69. The van der Waals surface area contributed by atoms with E-state index in [1.165, 1.54) is 11.3 Å². The Labute approximate surface area is 204 Å². The number of nitrogens with one attached hydrogen (secondary N) is 2. The summed E-state index contributed by atoms with van der Waals surface area (Å²) in [6, 6.07) is 23.7. The molecule has 4 rings (SSSR count). The van der Waals surface area contributed by atoms with Crippen molar-refractivity contribution < 1.29 is 9.59 Å². The summed E-state index contributed by atoms with van der Waals surface area (Å²) in [5, 5.41) is 15.0. The predicted octanol–water partition coefficient (Wildman–Crippen LogP) is 5.26. The average molecular weight is 521 g/mol. The minimum Gasteiger partial charge on any atom is -0.340 e. The van der Waals surface area contributed by atoms with Crippen molar-refractivity contribution in [1.82, 2.24) is 15.5 Å². The number of hydrogen-bond donors (Lipinski definition) is 2. The van der Waals surface area contributed by atoms with Crippen LogP contribution >= 0.6 is 27.3 Å². The molecule has 0 unspecified atom stereocenters. The molecule has 2 amide bonds. The van der Waals surface area contributed by atoms with Crippen molar-refractivity contribution in [2.45, 2.75) is 19.4 Å². The molecule has 1 aromatic heterocycles. The van der Waals surface area contributed by atoms with Crippen LogP contribution in [0.15, 0.2) is 83.3 Å². The van der Waals surface area contributed by atoms with Gasteiger partial charge in [-0.15, -0.1) is 10.2 Å². The molecule has 0 saturated carbocycles. The predicted molar refractivity (Wildman–Crippen MR) is 134 cm³/mol. The third-order valence-electron chi connectivity index (χ3n) is 4.96. The number of aromatic nitrogens is 2. The number of carbonyl (C=O) groups is 2. The van der Waals surface area contributed by atoms with E-state index in [1.54, 1.807) is 12.1 Å². The molecule has 0 aliphatic heterocycles. The SMILES string of the molecule is Cc1ccc(C(=O)N[C@@H](Cc2ccccc2)C(=O)Nc2nnc(-c3ccc(Br)cc3)s2)cc1. The summed E-state index contributed by atoms with van der Waals surface area (Å²) in [5.74, 6) is -0.656. The summed E-state index contributed by atoms with van der Waals surface area (Å²) in [5.41, 5.74) is 3.40. The second kappa shape index (κ2) is 10.5. The maximum atomic E-state index is 13.1. The van der Waals surface area contributed by atoms with E-state index in [1.807, 2.05) is 73.7 Å². The van der Waals surface area contributed by atoms with Crippen molar-refractivity contribution in [2.75, 3.05) is 5.32 Å². The van der Waals surface area contributed by atoms with E-state index in [4.69, 9.17) is 0 Å². The first-order valence-corrected chi connectivity index (χ1v) is 11.9. The summed E-state index contributed by atoms with van der Waals surface area (Å²) in [4.78, 5) is 25.9. The number of hydrogen-bond acceptors (Lipinski definition) is 5. The monoisotopic (exact) mass is 520 g/mol. The van der Waals surface area contributed by atoms with E-state index < -0.39 is 6.04 Å². The maximum absolute atomic E-state index is 13.1. The van der Waals surface area contributed by atoms with Crippen LogP contribution < -0.4 is 10.6 Å². The average Bonchev–Trinajstić information content (AvgIpc) is 3.28. The lowest BCUT2D eigenvalue weighted by molar-refractivity contribution is -0.118. The van der Waals surface area contributed by atoms with Gasteiger partial charge in [-0.25, -0.2) is 0 Å². The smallest absolute Gasteiger partial charge is 0.251 e. The Morgan fingerprint density at radius 2 is 1.64 bits per heavy atom. The quantitative estimate of drug-likeness (QED) is 0.348. The van der Waals surface area contributed by atoms with Crippen LogP contribution in [0.25, 0.3) is 10.6 Å². The molecule has 3 aromatic carbocycles. The second-order valence-corrected chi connectivity index (χ2v) is 9.38. The van der Waals surface area contributed by atoms with Gasteiger partial charge in [0.15, 0.2) is 0 Å². The van der Waals surface area contributed by atoms with Crippen molar-refractivity contribution in [3.8, 4) is 10.6 Å². The molecule has 6 nitrogen and oxygen atoms in total. The first kappa shape index (κ1) is 22.8. The van der Waals surface area contributed by atoms with Gasteiger partial charge in [-0.1, -0.05) is 87.4 Å². The minimum atomic E-state index is -0.777. The normalized spacial score (nSPS) is 11.6. The van der Waals surface area contributed by atoms with Crippen molar-refractivity contribution >= 4 is 44.2 Å². The van der Waals surface area contributed by atoms with Crippen LogP contribution in [0.4, 0.5) is 5.13 Å². The Morgan fingerprint density at radius 1 is 0.939 bits per heavy atom. The number of amides is 2. The molecular weight excluding hydrogens is 500 g/mol. The number of anilines is 1. The molecule has 1 atom stereocenters. The molecule has 1 heterocycles. The Hall–Kier alpha value is -3.36. The van der Waals surface area contributed by atoms with Crippen LogP contribution in [0, 0.1) is 6.92 Å². The first-order valence-electron chi connectivity index (χ1n) is 10.3. The molecule has 4 aromatic rings. The fourth-order valence-electron chi connectivity index (χ4n) is 3.18. The van der Waals surface area contributed by atoms with Gasteiger partial charge in [0.1, 0.15) is 11.0 Å². The first-order chi connectivity index (χ1) is 16.0. The Kier molecular flexibility index (Phi) is 7.26. The molecule has 0 bridgehead atoms. The topological polar surface area (TPSA) is 84.0 Å². The van der Waals surface area contributed by atoms with Gasteiger partial charge in [0.2, 0.25) is 11.0 Å². The Bertz CT molecular complexity index is 1240. The third-order valence-corrected chi connectivity index (χ3v) is 6.38. The van der Waals surface area contributed by atoms with Gasteiger partial charge >= 0.3 is 0 Å². The van der Waals surface area contributed by atoms with Crippen molar-refractivity contribution in [3.05, 3.63) is 100 Å². The number of carbonyl (C=O) groups excluding carboxylic acids is 2. The molecule has 0 fully saturated rings. The fourth-order valence-corrected chi connectivity index (χ4v) is 4.20.